The van der Waals surface area contributed by atoms with E-state index in [1.54, 1.807) is 24.0 Å². The number of hydrogen-bond donors (Lipinski definition) is 2. The predicted octanol–water partition coefficient (Wildman–Crippen LogP) is 10.8. The molecular weight excluding hydrogens is 901 g/mol. The summed E-state index contributed by atoms with van der Waals surface area (Å²) in [6, 6.07) is 34.5. The second-order valence-corrected chi connectivity index (χ2v) is 19.9. The number of pyridine rings is 1. The van der Waals surface area contributed by atoms with Gasteiger partial charge in [0, 0.05) is 58.9 Å². The molecule has 12 nitrogen and oxygen atoms in total. The lowest BCUT2D eigenvalue weighted by molar-refractivity contribution is -0.156. The molecule has 5 aromatic rings. The highest BCUT2D eigenvalue weighted by molar-refractivity contribution is 7.98. The summed E-state index contributed by atoms with van der Waals surface area (Å²) in [5, 5.41) is 6.50. The van der Waals surface area contributed by atoms with Crippen LogP contribution in [-0.2, 0) is 47.1 Å². The summed E-state index contributed by atoms with van der Waals surface area (Å²) in [6.07, 6.45) is 10.2. The maximum atomic E-state index is 14.0. The summed E-state index contributed by atoms with van der Waals surface area (Å²) in [7, 11) is 0. The molecule has 2 N–H and O–H groups in total. The topological polar surface area (TPSA) is 138 Å². The van der Waals surface area contributed by atoms with Crippen LogP contribution in [0.25, 0.3) is 11.3 Å². The van der Waals surface area contributed by atoms with E-state index in [1.165, 1.54) is 28.0 Å². The Bertz CT molecular complexity index is 2470. The van der Waals surface area contributed by atoms with Gasteiger partial charge < -0.3 is 39.2 Å². The van der Waals surface area contributed by atoms with Crippen molar-refractivity contribution in [2.24, 2.45) is 0 Å². The molecule has 2 amide bonds. The van der Waals surface area contributed by atoms with E-state index >= 15 is 0 Å². The highest BCUT2D eigenvalue weighted by Crippen LogP contribution is 2.34. The highest BCUT2D eigenvalue weighted by atomic mass is 32.2. The summed E-state index contributed by atoms with van der Waals surface area (Å²) in [5.74, 6) is 0.101. The number of carbonyl (C=O) groups excluding carboxylic acids is 3. The molecule has 1 atom stereocenters. The van der Waals surface area contributed by atoms with Crippen molar-refractivity contribution in [3.05, 3.63) is 143 Å². The molecule has 2 aliphatic rings. The van der Waals surface area contributed by atoms with E-state index in [0.29, 0.717) is 81.1 Å². The first-order valence-electron chi connectivity index (χ1n) is 25.0. The van der Waals surface area contributed by atoms with Crippen LogP contribution in [0.1, 0.15) is 115 Å². The van der Waals surface area contributed by atoms with Crippen LogP contribution in [0.15, 0.2) is 114 Å². The lowest BCUT2D eigenvalue weighted by Crippen LogP contribution is -2.31. The fourth-order valence-corrected chi connectivity index (χ4v) is 9.63. The zero-order valence-corrected chi connectivity index (χ0v) is 42.0. The third-order valence-corrected chi connectivity index (χ3v) is 13.2. The van der Waals surface area contributed by atoms with Crippen molar-refractivity contribution in [2.45, 2.75) is 101 Å². The molecule has 0 bridgehead atoms. The van der Waals surface area contributed by atoms with Crippen molar-refractivity contribution in [1.82, 2.24) is 10.3 Å². The monoisotopic (exact) mass is 970 g/mol. The van der Waals surface area contributed by atoms with Crippen LogP contribution in [0.4, 0.5) is 11.4 Å². The Morgan fingerprint density at radius 1 is 0.700 bits per heavy atom. The Morgan fingerprint density at radius 3 is 2.20 bits per heavy atom. The summed E-state index contributed by atoms with van der Waals surface area (Å²) in [4.78, 5) is 47.8. The van der Waals surface area contributed by atoms with Crippen LogP contribution in [0.5, 0.6) is 0 Å². The number of hydrogen-bond acceptors (Lipinski definition) is 11. The minimum absolute atomic E-state index is 0.0386. The van der Waals surface area contributed by atoms with Gasteiger partial charge in [-0.25, -0.2) is 0 Å². The number of benzene rings is 4. The fraction of sp³-hybridized carbons (Fsp3) is 0.439. The molecule has 1 fully saturated rings. The van der Waals surface area contributed by atoms with Crippen LogP contribution < -0.4 is 15.5 Å². The van der Waals surface area contributed by atoms with E-state index < -0.39 is 5.60 Å². The Morgan fingerprint density at radius 2 is 1.41 bits per heavy atom. The molecule has 70 heavy (non-hydrogen) atoms. The third kappa shape index (κ3) is 16.8. The number of thioether (sulfide) groups is 1. The molecule has 1 aliphatic carbocycles. The van der Waals surface area contributed by atoms with Crippen molar-refractivity contribution in [3.63, 3.8) is 0 Å². The number of nitrogens with one attached hydrogen (secondary N) is 2. The van der Waals surface area contributed by atoms with Crippen LogP contribution in [0.3, 0.4) is 0 Å². The average Bonchev–Trinajstić information content (AvgIpc) is 3.37. The Kier molecular flexibility index (Phi) is 20.3. The van der Waals surface area contributed by atoms with Crippen LogP contribution >= 0.6 is 11.8 Å². The molecule has 372 valence electrons. The number of ether oxygens (including phenoxy) is 5. The zero-order valence-electron chi connectivity index (χ0n) is 41.2. The highest BCUT2D eigenvalue weighted by Gasteiger charge is 2.23. The van der Waals surface area contributed by atoms with Crippen LogP contribution in [0, 0.1) is 0 Å². The Balaban J connectivity index is 0.855. The lowest BCUT2D eigenvalue weighted by Gasteiger charge is -2.29. The number of rotatable bonds is 25. The van der Waals surface area contributed by atoms with Gasteiger partial charge in [0.25, 0.3) is 11.8 Å². The normalized spacial score (nSPS) is 14.7. The van der Waals surface area contributed by atoms with E-state index in [0.717, 1.165) is 74.8 Å². The zero-order chi connectivity index (χ0) is 49.0. The van der Waals surface area contributed by atoms with Crippen molar-refractivity contribution in [1.29, 1.82) is 0 Å². The smallest absolute Gasteiger partial charge is 0.308 e. The van der Waals surface area contributed by atoms with Gasteiger partial charge in [-0.1, -0.05) is 48.5 Å². The first kappa shape index (κ1) is 52.3. The molecule has 7 rings (SSSR count). The standard InChI is InChI=1S/C57H70N4O8S/c1-57(2,3)69-54(62)25-30-66-32-34-68-36-35-67-33-31-65-29-12-15-42-13-10-19-48(38-42)70-41-43-14-9-18-45(37-43)55(63)60-52-23-22-47(61-27-7-4-8-28-61)40-50(52)53-39-46(24-26-58-53)56(64)59-51-21-11-17-44-16-5-6-20-49(44)51/h5-6,9-10,13-14,16,18-20,22-24,26,37-40,51H,4,7-8,11-12,15,17,21,25,27-36,41H2,1-3H3,(H,59,64)(H,60,63)/t51-/m0/s1. The van der Waals surface area contributed by atoms with Gasteiger partial charge in [0.2, 0.25) is 0 Å². The number of esters is 1. The summed E-state index contributed by atoms with van der Waals surface area (Å²) >= 11 is 1.74. The minimum atomic E-state index is -0.487. The second-order valence-electron chi connectivity index (χ2n) is 18.8. The molecule has 2 heterocycles. The summed E-state index contributed by atoms with van der Waals surface area (Å²) < 4.78 is 27.7. The van der Waals surface area contributed by atoms with Gasteiger partial charge in [-0.15, -0.1) is 11.8 Å². The Labute approximate surface area is 418 Å². The van der Waals surface area contributed by atoms with E-state index in [9.17, 15) is 14.4 Å². The van der Waals surface area contributed by atoms with Crippen molar-refractivity contribution >= 4 is 40.9 Å². The first-order chi connectivity index (χ1) is 34.1. The number of aromatic nitrogens is 1. The van der Waals surface area contributed by atoms with E-state index in [2.05, 4.69) is 76.2 Å². The van der Waals surface area contributed by atoms with Gasteiger partial charge in [0.1, 0.15) is 5.60 Å². The Hall–Kier alpha value is -5.57. The maximum Gasteiger partial charge on any atom is 0.308 e. The number of carbonyl (C=O) groups is 3. The molecule has 0 unspecified atom stereocenters. The predicted molar refractivity (Wildman–Crippen MR) is 278 cm³/mol. The summed E-state index contributed by atoms with van der Waals surface area (Å²) in [5.41, 5.74) is 8.52. The van der Waals surface area contributed by atoms with Gasteiger partial charge in [0.05, 0.1) is 70.1 Å². The third-order valence-electron chi connectivity index (χ3n) is 12.2. The first-order valence-corrected chi connectivity index (χ1v) is 26.0. The van der Waals surface area contributed by atoms with E-state index in [-0.39, 0.29) is 30.2 Å². The van der Waals surface area contributed by atoms with Crippen molar-refractivity contribution < 1.29 is 38.1 Å². The quantitative estimate of drug-likeness (QED) is 0.0328. The number of anilines is 2. The second kappa shape index (κ2) is 27.1. The lowest BCUT2D eigenvalue weighted by atomic mass is 9.87. The minimum Gasteiger partial charge on any atom is -0.460 e. The molecule has 4 aromatic carbocycles. The largest absolute Gasteiger partial charge is 0.460 e. The van der Waals surface area contributed by atoms with Gasteiger partial charge in [-0.3, -0.25) is 19.4 Å². The average molecular weight is 971 g/mol. The van der Waals surface area contributed by atoms with E-state index in [4.69, 9.17) is 28.7 Å². The number of amides is 2. The maximum absolute atomic E-state index is 14.0. The van der Waals surface area contributed by atoms with Gasteiger partial charge >= 0.3 is 5.97 Å². The van der Waals surface area contributed by atoms with Gasteiger partial charge in [-0.2, -0.15) is 0 Å². The molecule has 13 heteroatoms. The summed E-state index contributed by atoms with van der Waals surface area (Å²) in [6.45, 7) is 11.3. The molecule has 0 spiro atoms. The number of nitrogens with zero attached hydrogens (tertiary/aromatic N) is 2. The van der Waals surface area contributed by atoms with Crippen LogP contribution in [0.2, 0.25) is 0 Å². The van der Waals surface area contributed by atoms with Crippen LogP contribution in [-0.4, -0.2) is 94.3 Å². The fourth-order valence-electron chi connectivity index (χ4n) is 8.71. The van der Waals surface area contributed by atoms with Crippen molar-refractivity contribution in [3.8, 4) is 11.3 Å². The van der Waals surface area contributed by atoms with Crippen molar-refractivity contribution in [2.75, 3.05) is 76.2 Å². The molecule has 0 radical (unpaired) electrons. The SMILES string of the molecule is CC(C)(C)OC(=O)CCOCCOCCOCCOCCCc1cccc(SCc2cccc(C(=O)Nc3ccc(N4CCCCC4)cc3-c3cc(C(=O)N[C@H]4CCCc5ccccc54)ccn3)c2)c1. The number of piperidine rings is 1. The molecular formula is C57H70N4O8S. The van der Waals surface area contributed by atoms with E-state index in [1.807, 2.05) is 57.2 Å². The number of aryl methyl sites for hydroxylation is 2. The van der Waals surface area contributed by atoms with Gasteiger partial charge in [0.15, 0.2) is 0 Å². The molecule has 0 saturated carbocycles. The molecule has 1 saturated heterocycles. The molecule has 1 aromatic heterocycles. The molecule has 1 aliphatic heterocycles. The van der Waals surface area contributed by atoms with Gasteiger partial charge in [-0.05, 0) is 149 Å². The number of fused-ring (bicyclic) bond motifs is 1.